The molecule has 1 aliphatic heterocycles. The minimum Gasteiger partial charge on any atom is -0.508 e. The minimum atomic E-state index is -1.35. The Morgan fingerprint density at radius 1 is 1.10 bits per heavy atom. The van der Waals surface area contributed by atoms with E-state index < -0.39 is 23.8 Å². The van der Waals surface area contributed by atoms with Gasteiger partial charge in [-0.2, -0.15) is 0 Å². The summed E-state index contributed by atoms with van der Waals surface area (Å²) in [5, 5.41) is 34.8. The predicted molar refractivity (Wildman–Crippen MR) is 187 cm³/mol. The number of aliphatic hydroxyl groups is 2. The highest BCUT2D eigenvalue weighted by Crippen LogP contribution is 2.61. The number of carbonyl (C=O) groups excluding carboxylic acids is 1. The predicted octanol–water partition coefficient (Wildman–Crippen LogP) is 6.70. The summed E-state index contributed by atoms with van der Waals surface area (Å²) in [5.74, 6) is -1.03. The first-order chi connectivity index (χ1) is 23.9. The Morgan fingerprint density at radius 3 is 2.55 bits per heavy atom. The third-order valence-electron chi connectivity index (χ3n) is 10.1. The van der Waals surface area contributed by atoms with Crippen molar-refractivity contribution < 1.29 is 39.2 Å². The number of allylic oxidation sites excluding steroid dienone is 1. The molecule has 2 aliphatic carbocycles. The average Bonchev–Trinajstić information content (AvgIpc) is 3.11. The minimum absolute atomic E-state index is 0.0855. The second kappa shape index (κ2) is 17.2. The number of hydrogen-bond acceptors (Lipinski definition) is 9. The van der Waals surface area contributed by atoms with Gasteiger partial charge in [0.15, 0.2) is 0 Å². The average molecular weight is 677 g/mol. The highest BCUT2D eigenvalue weighted by Gasteiger charge is 2.65. The zero-order chi connectivity index (χ0) is 34.8. The van der Waals surface area contributed by atoms with E-state index in [1.54, 1.807) is 29.2 Å². The summed E-state index contributed by atoms with van der Waals surface area (Å²) in [5.41, 5.74) is 3.42. The van der Waals surface area contributed by atoms with Crippen LogP contribution >= 0.6 is 0 Å². The van der Waals surface area contributed by atoms with Crippen LogP contribution in [0.1, 0.15) is 75.3 Å². The van der Waals surface area contributed by atoms with Crippen LogP contribution in [0.25, 0.3) is 0 Å². The Morgan fingerprint density at radius 2 is 1.86 bits per heavy atom. The Bertz CT molecular complexity index is 1460. The monoisotopic (exact) mass is 676 g/mol. The van der Waals surface area contributed by atoms with Crippen molar-refractivity contribution in [1.82, 2.24) is 4.90 Å². The topological polar surface area (TPSA) is 130 Å². The van der Waals surface area contributed by atoms with Crippen LogP contribution in [0.3, 0.4) is 0 Å². The van der Waals surface area contributed by atoms with Crippen LogP contribution in [0.5, 0.6) is 11.5 Å². The van der Waals surface area contributed by atoms with Crippen molar-refractivity contribution in [3.05, 3.63) is 84.0 Å². The molecule has 0 unspecified atom stereocenters. The maximum Gasteiger partial charge on any atom is 0.410 e. The SMILES string of the molecule is C=CCO[C@@]12Oc3ccc(O)cc3[C@H]3[C@H](CCCCO)[C@@H](CCCCO)C=C(C(=NOC)C[C@@H]1N(CCC)C(=O)OCc1ccccc1)[C@H]32. The zero-order valence-electron chi connectivity index (χ0n) is 28.8. The van der Waals surface area contributed by atoms with Gasteiger partial charge >= 0.3 is 6.09 Å². The molecule has 266 valence electrons. The van der Waals surface area contributed by atoms with Crippen LogP contribution < -0.4 is 4.74 Å². The fourth-order valence-corrected chi connectivity index (χ4v) is 8.19. The van der Waals surface area contributed by atoms with E-state index in [4.69, 9.17) is 19.0 Å². The Kier molecular flexibility index (Phi) is 12.8. The second-order valence-electron chi connectivity index (χ2n) is 13.2. The van der Waals surface area contributed by atoms with Crippen LogP contribution in [-0.2, 0) is 20.9 Å². The van der Waals surface area contributed by atoms with Crippen molar-refractivity contribution in [2.45, 2.75) is 82.6 Å². The van der Waals surface area contributed by atoms with Gasteiger partial charge < -0.3 is 34.4 Å². The number of carbonyl (C=O) groups is 1. The summed E-state index contributed by atoms with van der Waals surface area (Å²) in [6.07, 6.45) is 9.17. The molecule has 1 heterocycles. The largest absolute Gasteiger partial charge is 0.508 e. The molecular formula is C39H52N2O8. The molecule has 0 aromatic heterocycles. The van der Waals surface area contributed by atoms with Gasteiger partial charge in [0, 0.05) is 37.7 Å². The first-order valence-electron chi connectivity index (χ1n) is 17.7. The van der Waals surface area contributed by atoms with Crippen molar-refractivity contribution in [3.8, 4) is 11.5 Å². The van der Waals surface area contributed by atoms with Crippen molar-refractivity contribution >= 4 is 11.8 Å². The highest BCUT2D eigenvalue weighted by atomic mass is 16.7. The lowest BCUT2D eigenvalue weighted by Gasteiger charge is -2.59. The van der Waals surface area contributed by atoms with Crippen LogP contribution in [-0.4, -0.2) is 77.3 Å². The summed E-state index contributed by atoms with van der Waals surface area (Å²) >= 11 is 0. The van der Waals surface area contributed by atoms with E-state index >= 15 is 0 Å². The fraction of sp³-hybridized carbons (Fsp3) is 0.538. The summed E-state index contributed by atoms with van der Waals surface area (Å²) in [4.78, 5) is 21.3. The van der Waals surface area contributed by atoms with Gasteiger partial charge in [-0.15, -0.1) is 6.58 Å². The Balaban J connectivity index is 1.69. The number of phenols is 1. The zero-order valence-corrected chi connectivity index (χ0v) is 28.8. The van der Waals surface area contributed by atoms with Gasteiger partial charge in [0.2, 0.25) is 5.79 Å². The quantitative estimate of drug-likeness (QED) is 0.0959. The Hall–Kier alpha value is -3.86. The number of unbranched alkanes of at least 4 members (excludes halogenated alkanes) is 2. The molecule has 10 nitrogen and oxygen atoms in total. The number of phenolic OH excluding ortho intramolecular Hbond substituents is 1. The molecule has 0 radical (unpaired) electrons. The first-order valence-corrected chi connectivity index (χ1v) is 17.7. The van der Waals surface area contributed by atoms with E-state index in [0.29, 0.717) is 43.7 Å². The van der Waals surface area contributed by atoms with Gasteiger partial charge in [0.25, 0.3) is 0 Å². The number of rotatable bonds is 17. The maximum atomic E-state index is 14.1. The number of ether oxygens (including phenoxy) is 3. The summed E-state index contributed by atoms with van der Waals surface area (Å²) in [6.45, 7) is 6.89. The van der Waals surface area contributed by atoms with E-state index in [2.05, 4.69) is 17.8 Å². The molecule has 1 saturated carbocycles. The summed E-state index contributed by atoms with van der Waals surface area (Å²) < 4.78 is 19.9. The maximum absolute atomic E-state index is 14.1. The number of benzene rings is 2. The van der Waals surface area contributed by atoms with E-state index in [1.165, 1.54) is 7.11 Å². The van der Waals surface area contributed by atoms with E-state index in [0.717, 1.165) is 42.4 Å². The molecular weight excluding hydrogens is 624 g/mol. The van der Waals surface area contributed by atoms with Crippen molar-refractivity contribution in [1.29, 1.82) is 0 Å². The van der Waals surface area contributed by atoms with E-state index in [1.807, 2.05) is 37.3 Å². The van der Waals surface area contributed by atoms with Crippen molar-refractivity contribution in [2.75, 3.05) is 33.5 Å². The summed E-state index contributed by atoms with van der Waals surface area (Å²) in [6, 6.07) is 14.1. The molecule has 2 aromatic rings. The van der Waals surface area contributed by atoms with Gasteiger partial charge in [0.05, 0.1) is 18.2 Å². The van der Waals surface area contributed by atoms with Crippen LogP contribution in [0.15, 0.2) is 78.0 Å². The molecule has 1 amide bonds. The molecule has 5 rings (SSSR count). The number of aliphatic hydroxyl groups excluding tert-OH is 2. The van der Waals surface area contributed by atoms with Gasteiger partial charge in [-0.3, -0.25) is 4.90 Å². The Labute approximate surface area is 290 Å². The number of aromatic hydroxyl groups is 1. The van der Waals surface area contributed by atoms with Crippen LogP contribution in [0.4, 0.5) is 4.79 Å². The lowest BCUT2D eigenvalue weighted by atomic mass is 9.55. The van der Waals surface area contributed by atoms with E-state index in [9.17, 15) is 20.1 Å². The number of amides is 1. The van der Waals surface area contributed by atoms with Gasteiger partial charge in [-0.25, -0.2) is 4.79 Å². The standard InChI is InChI=1S/C39H52N2O8/c1-4-19-41(38(45)47-26-27-13-7-6-8-14-27)35-25-33(40-46-3)31-23-28(15-9-11-20-42)30(16-10-12-21-43)36-32-24-29(44)17-18-34(32)49-39(35,37(31)36)48-22-5-2/h5-8,13-14,17-18,23-24,28,30,35-37,42-44H,2,4,9-12,15-16,19-22,25-26H2,1,3H3/t28-,30+,35-,36+,37+,39+/m0/s1. The van der Waals surface area contributed by atoms with Gasteiger partial charge in [-0.1, -0.05) is 67.4 Å². The second-order valence-corrected chi connectivity index (χ2v) is 13.2. The number of oxime groups is 1. The third-order valence-corrected chi connectivity index (χ3v) is 10.1. The fourth-order valence-electron chi connectivity index (χ4n) is 8.19. The molecule has 49 heavy (non-hydrogen) atoms. The molecule has 3 N–H and O–H groups in total. The molecule has 0 spiro atoms. The lowest BCUT2D eigenvalue weighted by molar-refractivity contribution is -0.255. The third kappa shape index (κ3) is 7.82. The molecule has 2 aromatic carbocycles. The lowest BCUT2D eigenvalue weighted by Crippen LogP contribution is -2.70. The molecule has 10 heteroatoms. The van der Waals surface area contributed by atoms with Crippen LogP contribution in [0.2, 0.25) is 0 Å². The van der Waals surface area contributed by atoms with Crippen LogP contribution in [0, 0.1) is 17.8 Å². The molecule has 0 bridgehead atoms. The molecule has 6 atom stereocenters. The van der Waals surface area contributed by atoms with E-state index in [-0.39, 0.29) is 49.9 Å². The molecule has 3 aliphatic rings. The normalized spacial score (nSPS) is 26.2. The highest BCUT2D eigenvalue weighted by molar-refractivity contribution is 6.02. The first kappa shape index (κ1) is 36.4. The van der Waals surface area contributed by atoms with Gasteiger partial charge in [-0.05, 0) is 73.3 Å². The molecule has 1 fully saturated rings. The van der Waals surface area contributed by atoms with Crippen molar-refractivity contribution in [3.63, 3.8) is 0 Å². The number of nitrogens with zero attached hydrogens (tertiary/aromatic N) is 2. The number of fused-ring (bicyclic) bond motifs is 2. The van der Waals surface area contributed by atoms with Crippen molar-refractivity contribution in [2.24, 2.45) is 22.9 Å². The smallest absolute Gasteiger partial charge is 0.410 e. The van der Waals surface area contributed by atoms with Gasteiger partial charge in [0.1, 0.15) is 31.3 Å². The summed E-state index contributed by atoms with van der Waals surface area (Å²) in [7, 11) is 1.53. The molecule has 0 saturated heterocycles. The number of hydrogen-bond donors (Lipinski definition) is 3.